The molecule has 30 heavy (non-hydrogen) atoms. The first-order chi connectivity index (χ1) is 14.4. The summed E-state index contributed by atoms with van der Waals surface area (Å²) < 4.78 is 36.6. The molecule has 0 aromatic heterocycles. The molecule has 7 nitrogen and oxygen atoms in total. The Balaban J connectivity index is 1.90. The molecule has 0 saturated carbocycles. The minimum Gasteiger partial charge on any atom is -0.463 e. The highest BCUT2D eigenvalue weighted by atomic mass is 19.2. The minimum absolute atomic E-state index is 0.0296. The number of halogens is 2. The van der Waals surface area contributed by atoms with E-state index in [4.69, 9.17) is 9.47 Å². The van der Waals surface area contributed by atoms with E-state index in [0.29, 0.717) is 11.6 Å². The maximum atomic E-state index is 13.4. The zero-order valence-corrected chi connectivity index (χ0v) is 15.9. The number of amides is 2. The summed E-state index contributed by atoms with van der Waals surface area (Å²) in [5.74, 6) is -3.95. The van der Waals surface area contributed by atoms with Gasteiger partial charge in [0.1, 0.15) is 6.61 Å². The minimum atomic E-state index is -1.20. The Labute approximate surface area is 170 Å². The van der Waals surface area contributed by atoms with Crippen LogP contribution in [0.5, 0.6) is 0 Å². The third-order valence-corrected chi connectivity index (χ3v) is 4.28. The van der Waals surface area contributed by atoms with Gasteiger partial charge in [-0.1, -0.05) is 30.3 Å². The number of urea groups is 1. The Morgan fingerprint density at radius 2 is 1.73 bits per heavy atom. The van der Waals surface area contributed by atoms with E-state index >= 15 is 0 Å². The van der Waals surface area contributed by atoms with Gasteiger partial charge in [-0.2, -0.15) is 0 Å². The summed E-state index contributed by atoms with van der Waals surface area (Å²) in [4.78, 5) is 36.9. The number of rotatable bonds is 6. The first-order valence-electron chi connectivity index (χ1n) is 9.05. The Kier molecular flexibility index (Phi) is 6.41. The van der Waals surface area contributed by atoms with Crippen molar-refractivity contribution in [3.05, 3.63) is 82.6 Å². The standard InChI is InChI=1S/C21H18F2N2O5/c1-2-29-20(27)17-16(11-30-19(26)13-8-9-14(22)15(23)10-13)24-21(28)25-18(17)12-6-4-3-5-7-12/h3-10,18H,2,11H2,1H3,(H2,24,25,28). The van der Waals surface area contributed by atoms with Crippen LogP contribution in [0.3, 0.4) is 0 Å². The van der Waals surface area contributed by atoms with Crippen LogP contribution in [0, 0.1) is 11.6 Å². The third-order valence-electron chi connectivity index (χ3n) is 4.28. The molecule has 2 N–H and O–H groups in total. The second-order valence-corrected chi connectivity index (χ2v) is 6.26. The van der Waals surface area contributed by atoms with E-state index < -0.39 is 42.3 Å². The van der Waals surface area contributed by atoms with E-state index in [0.717, 1.165) is 12.1 Å². The molecule has 1 heterocycles. The molecule has 2 aromatic carbocycles. The lowest BCUT2D eigenvalue weighted by atomic mass is 9.95. The zero-order valence-electron chi connectivity index (χ0n) is 15.9. The van der Waals surface area contributed by atoms with Crippen LogP contribution in [0.2, 0.25) is 0 Å². The zero-order chi connectivity index (χ0) is 21.7. The van der Waals surface area contributed by atoms with Crippen molar-refractivity contribution >= 4 is 18.0 Å². The Bertz CT molecular complexity index is 1010. The summed E-state index contributed by atoms with van der Waals surface area (Å²) in [6.07, 6.45) is 0. The number of ether oxygens (including phenoxy) is 2. The van der Waals surface area contributed by atoms with E-state index in [1.807, 2.05) is 0 Å². The van der Waals surface area contributed by atoms with Crippen molar-refractivity contribution in [3.8, 4) is 0 Å². The molecule has 156 valence electrons. The monoisotopic (exact) mass is 416 g/mol. The predicted octanol–water partition coefficient (Wildman–Crippen LogP) is 2.99. The molecule has 0 bridgehead atoms. The molecular weight excluding hydrogens is 398 g/mol. The van der Waals surface area contributed by atoms with Crippen LogP contribution in [0.15, 0.2) is 59.8 Å². The smallest absolute Gasteiger partial charge is 0.338 e. The Morgan fingerprint density at radius 3 is 2.40 bits per heavy atom. The van der Waals surface area contributed by atoms with Crippen LogP contribution in [0.1, 0.15) is 28.9 Å². The largest absolute Gasteiger partial charge is 0.463 e. The van der Waals surface area contributed by atoms with E-state index in [1.54, 1.807) is 37.3 Å². The van der Waals surface area contributed by atoms with Gasteiger partial charge in [-0.3, -0.25) is 0 Å². The van der Waals surface area contributed by atoms with Gasteiger partial charge in [0, 0.05) is 0 Å². The van der Waals surface area contributed by atoms with Gasteiger partial charge < -0.3 is 20.1 Å². The maximum absolute atomic E-state index is 13.4. The van der Waals surface area contributed by atoms with E-state index in [9.17, 15) is 23.2 Å². The van der Waals surface area contributed by atoms with Crippen molar-refractivity contribution in [1.82, 2.24) is 10.6 Å². The predicted molar refractivity (Wildman–Crippen MR) is 101 cm³/mol. The molecule has 0 fully saturated rings. The molecule has 0 spiro atoms. The van der Waals surface area contributed by atoms with Gasteiger partial charge in [0.15, 0.2) is 11.6 Å². The first-order valence-corrected chi connectivity index (χ1v) is 9.05. The molecular formula is C21H18F2N2O5. The molecule has 2 amide bonds. The van der Waals surface area contributed by atoms with Crippen LogP contribution < -0.4 is 10.6 Å². The van der Waals surface area contributed by atoms with Crippen molar-refractivity contribution in [2.75, 3.05) is 13.2 Å². The van der Waals surface area contributed by atoms with Gasteiger partial charge in [-0.05, 0) is 30.7 Å². The van der Waals surface area contributed by atoms with Crippen molar-refractivity contribution in [2.24, 2.45) is 0 Å². The normalized spacial score (nSPS) is 15.8. The van der Waals surface area contributed by atoms with Crippen molar-refractivity contribution in [3.63, 3.8) is 0 Å². The molecule has 2 aromatic rings. The molecule has 3 rings (SSSR count). The Morgan fingerprint density at radius 1 is 1.00 bits per heavy atom. The fourth-order valence-electron chi connectivity index (χ4n) is 2.92. The van der Waals surface area contributed by atoms with E-state index in [-0.39, 0.29) is 23.4 Å². The van der Waals surface area contributed by atoms with E-state index in [1.165, 1.54) is 0 Å². The van der Waals surface area contributed by atoms with E-state index in [2.05, 4.69) is 10.6 Å². The van der Waals surface area contributed by atoms with Crippen molar-refractivity contribution < 1.29 is 32.6 Å². The van der Waals surface area contributed by atoms with Crippen molar-refractivity contribution in [1.29, 1.82) is 0 Å². The molecule has 0 saturated heterocycles. The third kappa shape index (κ3) is 4.62. The van der Waals surface area contributed by atoms with Crippen molar-refractivity contribution in [2.45, 2.75) is 13.0 Å². The van der Waals surface area contributed by atoms with Crippen LogP contribution >= 0.6 is 0 Å². The number of hydrogen-bond acceptors (Lipinski definition) is 5. The molecule has 0 radical (unpaired) electrons. The van der Waals surface area contributed by atoms with Gasteiger partial charge in [-0.25, -0.2) is 23.2 Å². The summed E-state index contributed by atoms with van der Waals surface area (Å²) in [5.41, 5.74) is 0.509. The topological polar surface area (TPSA) is 93.7 Å². The SMILES string of the molecule is CCOC(=O)C1=C(COC(=O)c2ccc(F)c(F)c2)NC(=O)NC1c1ccccc1. The van der Waals surface area contributed by atoms with Gasteiger partial charge in [0.25, 0.3) is 0 Å². The number of hydrogen-bond donors (Lipinski definition) is 2. The molecule has 1 aliphatic heterocycles. The van der Waals surface area contributed by atoms with Crippen LogP contribution in [-0.4, -0.2) is 31.2 Å². The number of benzene rings is 2. The Hall–Kier alpha value is -3.75. The number of carbonyl (C=O) groups excluding carboxylic acids is 3. The van der Waals surface area contributed by atoms with Crippen LogP contribution in [-0.2, 0) is 14.3 Å². The highest BCUT2D eigenvalue weighted by Crippen LogP contribution is 2.28. The fourth-order valence-corrected chi connectivity index (χ4v) is 2.92. The number of esters is 2. The second-order valence-electron chi connectivity index (χ2n) is 6.26. The summed E-state index contributed by atoms with van der Waals surface area (Å²) >= 11 is 0. The second kappa shape index (κ2) is 9.17. The van der Waals surface area contributed by atoms with Gasteiger partial charge in [0.05, 0.1) is 29.5 Å². The van der Waals surface area contributed by atoms with Gasteiger partial charge >= 0.3 is 18.0 Å². The van der Waals surface area contributed by atoms with Gasteiger partial charge in [0.2, 0.25) is 0 Å². The fraction of sp³-hybridized carbons (Fsp3) is 0.190. The lowest BCUT2D eigenvalue weighted by Crippen LogP contribution is -2.47. The summed E-state index contributed by atoms with van der Waals surface area (Å²) in [6.45, 7) is 1.25. The first kappa shape index (κ1) is 21.0. The highest BCUT2D eigenvalue weighted by Gasteiger charge is 2.34. The summed E-state index contributed by atoms with van der Waals surface area (Å²) in [7, 11) is 0. The quantitative estimate of drug-likeness (QED) is 0.707. The molecule has 1 aliphatic rings. The lowest BCUT2D eigenvalue weighted by molar-refractivity contribution is -0.139. The summed E-state index contributed by atoms with van der Waals surface area (Å²) in [5, 5.41) is 5.09. The maximum Gasteiger partial charge on any atom is 0.338 e. The lowest BCUT2D eigenvalue weighted by Gasteiger charge is -2.29. The number of carbonyl (C=O) groups is 3. The summed E-state index contributed by atoms with van der Waals surface area (Å²) in [6, 6.07) is 9.86. The molecule has 1 atom stereocenters. The average molecular weight is 416 g/mol. The molecule has 9 heteroatoms. The highest BCUT2D eigenvalue weighted by molar-refractivity contribution is 5.95. The molecule has 1 unspecified atom stereocenters. The van der Waals surface area contributed by atoms with Crippen LogP contribution in [0.25, 0.3) is 0 Å². The van der Waals surface area contributed by atoms with Gasteiger partial charge in [-0.15, -0.1) is 0 Å². The average Bonchev–Trinajstić information content (AvgIpc) is 2.74. The number of nitrogens with one attached hydrogen (secondary N) is 2. The van der Waals surface area contributed by atoms with Crippen LogP contribution in [0.4, 0.5) is 13.6 Å². The molecule has 0 aliphatic carbocycles.